The van der Waals surface area contributed by atoms with Crippen LogP contribution in [-0.4, -0.2) is 54.1 Å². The third-order valence-corrected chi connectivity index (χ3v) is 4.20. The molecule has 2 amide bonds. The molecule has 0 aromatic heterocycles. The van der Waals surface area contributed by atoms with E-state index in [4.69, 9.17) is 17.0 Å². The number of hydrogen-bond donors (Lipinski definition) is 3. The standard InChI is InChI=1S/C18H24N4O3S/c1-3-9-20-18(26)22-11-10-19-17(24)15(22)12-16(23)21-13-5-7-14(8-6-13)25-4-2/h3,5-8,15H,1,4,9-12H2,2H3,(H,19,24)(H,20,26)(H,21,23). The number of carbonyl (C=O) groups excluding carboxylic acids is 2. The summed E-state index contributed by atoms with van der Waals surface area (Å²) < 4.78 is 5.37. The van der Waals surface area contributed by atoms with Crippen LogP contribution in [0.25, 0.3) is 0 Å². The molecule has 1 saturated heterocycles. The fourth-order valence-electron chi connectivity index (χ4n) is 2.61. The molecule has 1 unspecified atom stereocenters. The SMILES string of the molecule is C=CCNC(=S)N1CCNC(=O)C1CC(=O)Nc1ccc(OCC)cc1. The number of rotatable bonds is 7. The Morgan fingerprint density at radius 3 is 2.85 bits per heavy atom. The zero-order valence-corrected chi connectivity index (χ0v) is 15.6. The zero-order valence-electron chi connectivity index (χ0n) is 14.8. The molecule has 3 N–H and O–H groups in total. The first-order valence-electron chi connectivity index (χ1n) is 8.51. The lowest BCUT2D eigenvalue weighted by Crippen LogP contribution is -2.60. The van der Waals surface area contributed by atoms with E-state index in [0.717, 1.165) is 5.75 Å². The van der Waals surface area contributed by atoms with Crippen LogP contribution in [0.4, 0.5) is 5.69 Å². The van der Waals surface area contributed by atoms with Crippen LogP contribution in [0.15, 0.2) is 36.9 Å². The molecule has 1 aromatic carbocycles. The highest BCUT2D eigenvalue weighted by Gasteiger charge is 2.33. The summed E-state index contributed by atoms with van der Waals surface area (Å²) in [6.45, 7) is 7.67. The Morgan fingerprint density at radius 1 is 1.46 bits per heavy atom. The van der Waals surface area contributed by atoms with Gasteiger partial charge in [-0.3, -0.25) is 9.59 Å². The van der Waals surface area contributed by atoms with E-state index in [9.17, 15) is 9.59 Å². The highest BCUT2D eigenvalue weighted by Crippen LogP contribution is 2.17. The molecule has 1 atom stereocenters. The van der Waals surface area contributed by atoms with Crippen molar-refractivity contribution in [1.82, 2.24) is 15.5 Å². The van der Waals surface area contributed by atoms with E-state index in [2.05, 4.69) is 22.5 Å². The van der Waals surface area contributed by atoms with E-state index < -0.39 is 6.04 Å². The van der Waals surface area contributed by atoms with Crippen LogP contribution in [0, 0.1) is 0 Å². The Bertz CT molecular complexity index is 663. The van der Waals surface area contributed by atoms with Crippen LogP contribution in [-0.2, 0) is 9.59 Å². The molecule has 1 fully saturated rings. The van der Waals surface area contributed by atoms with Gasteiger partial charge in [0, 0.05) is 25.3 Å². The number of nitrogens with zero attached hydrogens (tertiary/aromatic N) is 1. The van der Waals surface area contributed by atoms with Crippen molar-refractivity contribution in [1.29, 1.82) is 0 Å². The second-order valence-corrected chi connectivity index (χ2v) is 6.07. The van der Waals surface area contributed by atoms with Crippen molar-refractivity contribution in [2.45, 2.75) is 19.4 Å². The van der Waals surface area contributed by atoms with E-state index in [1.54, 1.807) is 35.2 Å². The third-order valence-electron chi connectivity index (χ3n) is 3.82. The van der Waals surface area contributed by atoms with Gasteiger partial charge in [0.2, 0.25) is 11.8 Å². The van der Waals surface area contributed by atoms with Gasteiger partial charge in [0.25, 0.3) is 0 Å². The Labute approximate surface area is 158 Å². The minimum atomic E-state index is -0.642. The zero-order chi connectivity index (χ0) is 18.9. The predicted octanol–water partition coefficient (Wildman–Crippen LogP) is 1.27. The molecule has 0 spiro atoms. The van der Waals surface area contributed by atoms with Crippen molar-refractivity contribution in [2.75, 3.05) is 31.6 Å². The van der Waals surface area contributed by atoms with Crippen molar-refractivity contribution in [3.63, 3.8) is 0 Å². The maximum absolute atomic E-state index is 12.4. The fourth-order valence-corrected chi connectivity index (χ4v) is 2.91. The molecule has 0 aliphatic carbocycles. The topological polar surface area (TPSA) is 82.7 Å². The maximum Gasteiger partial charge on any atom is 0.243 e. The molecule has 1 heterocycles. The van der Waals surface area contributed by atoms with Gasteiger partial charge >= 0.3 is 0 Å². The van der Waals surface area contributed by atoms with Gasteiger partial charge < -0.3 is 25.6 Å². The predicted molar refractivity (Wildman–Crippen MR) is 105 cm³/mol. The summed E-state index contributed by atoms with van der Waals surface area (Å²) in [5.41, 5.74) is 0.647. The van der Waals surface area contributed by atoms with Crippen molar-refractivity contribution in [3.8, 4) is 5.75 Å². The van der Waals surface area contributed by atoms with Crippen LogP contribution in [0.3, 0.4) is 0 Å². The second-order valence-electron chi connectivity index (χ2n) is 5.68. The molecule has 8 heteroatoms. The molecule has 0 radical (unpaired) electrons. The number of ether oxygens (including phenoxy) is 1. The van der Waals surface area contributed by atoms with Gasteiger partial charge in [-0.25, -0.2) is 0 Å². The Balaban J connectivity index is 1.98. The van der Waals surface area contributed by atoms with Crippen molar-refractivity contribution in [2.24, 2.45) is 0 Å². The number of thiocarbonyl (C=S) groups is 1. The smallest absolute Gasteiger partial charge is 0.243 e. The van der Waals surface area contributed by atoms with Gasteiger partial charge in [0.1, 0.15) is 11.8 Å². The highest BCUT2D eigenvalue weighted by atomic mass is 32.1. The van der Waals surface area contributed by atoms with Crippen molar-refractivity contribution >= 4 is 34.8 Å². The van der Waals surface area contributed by atoms with Gasteiger partial charge in [-0.05, 0) is 43.4 Å². The van der Waals surface area contributed by atoms with Gasteiger partial charge in [-0.15, -0.1) is 6.58 Å². The van der Waals surface area contributed by atoms with E-state index in [1.165, 1.54) is 0 Å². The molecule has 1 aromatic rings. The second kappa shape index (κ2) is 9.76. The average molecular weight is 376 g/mol. The van der Waals surface area contributed by atoms with Crippen LogP contribution < -0.4 is 20.7 Å². The van der Waals surface area contributed by atoms with Crippen LogP contribution in [0.2, 0.25) is 0 Å². The van der Waals surface area contributed by atoms with Gasteiger partial charge in [0.15, 0.2) is 5.11 Å². The first kappa shape index (κ1) is 19.7. The first-order chi connectivity index (χ1) is 12.5. The molecule has 1 aliphatic rings. The molecule has 2 rings (SSSR count). The van der Waals surface area contributed by atoms with Crippen molar-refractivity contribution < 1.29 is 14.3 Å². The van der Waals surface area contributed by atoms with Crippen molar-refractivity contribution in [3.05, 3.63) is 36.9 Å². The summed E-state index contributed by atoms with van der Waals surface area (Å²) in [4.78, 5) is 26.4. The molecule has 0 saturated carbocycles. The van der Waals surface area contributed by atoms with E-state index in [-0.39, 0.29) is 18.2 Å². The van der Waals surface area contributed by atoms with E-state index in [0.29, 0.717) is 37.0 Å². The number of carbonyl (C=O) groups is 2. The highest BCUT2D eigenvalue weighted by molar-refractivity contribution is 7.80. The average Bonchev–Trinajstić information content (AvgIpc) is 2.63. The molecular weight excluding hydrogens is 352 g/mol. The van der Waals surface area contributed by atoms with E-state index >= 15 is 0 Å². The minimum absolute atomic E-state index is 0.00888. The minimum Gasteiger partial charge on any atom is -0.494 e. The molecule has 1 aliphatic heterocycles. The number of piperazine rings is 1. The third kappa shape index (κ3) is 5.45. The molecule has 26 heavy (non-hydrogen) atoms. The van der Waals surface area contributed by atoms with Crippen LogP contribution in [0.1, 0.15) is 13.3 Å². The normalized spacial score (nSPS) is 16.4. The molecular formula is C18H24N4O3S. The molecule has 140 valence electrons. The monoisotopic (exact) mass is 376 g/mol. The van der Waals surface area contributed by atoms with Crippen LogP contribution in [0.5, 0.6) is 5.75 Å². The Kier molecular flexibility index (Phi) is 7.40. The summed E-state index contributed by atoms with van der Waals surface area (Å²) in [7, 11) is 0. The lowest BCUT2D eigenvalue weighted by molar-refractivity contribution is -0.130. The number of hydrogen-bond acceptors (Lipinski definition) is 4. The van der Waals surface area contributed by atoms with Gasteiger partial charge in [-0.1, -0.05) is 6.08 Å². The fraction of sp³-hybridized carbons (Fsp3) is 0.389. The first-order valence-corrected chi connectivity index (χ1v) is 8.91. The quantitative estimate of drug-likeness (QED) is 0.491. The Hall–Kier alpha value is -2.61. The lowest BCUT2D eigenvalue weighted by atomic mass is 10.1. The summed E-state index contributed by atoms with van der Waals surface area (Å²) in [5.74, 6) is 0.274. The molecule has 7 nitrogen and oxygen atoms in total. The summed E-state index contributed by atoms with van der Waals surface area (Å²) in [6, 6.07) is 6.45. The van der Waals surface area contributed by atoms with Crippen LogP contribution >= 0.6 is 12.2 Å². The van der Waals surface area contributed by atoms with Gasteiger partial charge in [-0.2, -0.15) is 0 Å². The summed E-state index contributed by atoms with van der Waals surface area (Å²) >= 11 is 5.33. The molecule has 0 bridgehead atoms. The summed E-state index contributed by atoms with van der Waals surface area (Å²) in [6.07, 6.45) is 1.69. The number of anilines is 1. The number of amides is 2. The maximum atomic E-state index is 12.4. The summed E-state index contributed by atoms with van der Waals surface area (Å²) in [5, 5.41) is 9.03. The van der Waals surface area contributed by atoms with E-state index in [1.807, 2.05) is 6.92 Å². The largest absolute Gasteiger partial charge is 0.494 e. The lowest BCUT2D eigenvalue weighted by Gasteiger charge is -2.36. The Morgan fingerprint density at radius 2 is 2.19 bits per heavy atom. The number of nitrogens with one attached hydrogen (secondary N) is 3. The number of benzene rings is 1. The van der Waals surface area contributed by atoms with Gasteiger partial charge in [0.05, 0.1) is 13.0 Å².